The molecule has 1 spiro atoms. The summed E-state index contributed by atoms with van der Waals surface area (Å²) in [6.45, 7) is 0. The number of benzene rings is 6. The number of fused-ring (bicyclic) bond motifs is 9. The molecule has 1 aliphatic carbocycles. The standard InChI is InChI=1S/C37H26N2O3/c38-23-9-13-25(14-10-23)40-27-17-19-33-35(21-27)42-36-22-28(41-26-15-11-24(39)12-16-26)18-20-34(36)37(33)31-7-3-1-5-29(31)30-6-2-4-8-32(30)37/h1-22H,38-39H2. The second-order valence-corrected chi connectivity index (χ2v) is 10.6. The predicted molar refractivity (Wildman–Crippen MR) is 166 cm³/mol. The first-order valence-corrected chi connectivity index (χ1v) is 13.8. The third kappa shape index (κ3) is 3.64. The Balaban J connectivity index is 1.32. The van der Waals surface area contributed by atoms with E-state index in [-0.39, 0.29) is 0 Å². The summed E-state index contributed by atoms with van der Waals surface area (Å²) in [5.74, 6) is 4.20. The van der Waals surface area contributed by atoms with E-state index < -0.39 is 5.41 Å². The van der Waals surface area contributed by atoms with Gasteiger partial charge in [0.05, 0.1) is 5.41 Å². The molecule has 1 aliphatic heterocycles. The van der Waals surface area contributed by atoms with Gasteiger partial charge in [-0.05, 0) is 82.9 Å². The molecule has 8 rings (SSSR count). The molecule has 6 aromatic carbocycles. The van der Waals surface area contributed by atoms with E-state index in [0.717, 1.165) is 22.6 Å². The second-order valence-electron chi connectivity index (χ2n) is 10.6. The van der Waals surface area contributed by atoms with Crippen LogP contribution in [0.3, 0.4) is 0 Å². The lowest BCUT2D eigenvalue weighted by atomic mass is 9.66. The van der Waals surface area contributed by atoms with E-state index in [1.54, 1.807) is 0 Å². The number of rotatable bonds is 4. The molecule has 4 N–H and O–H groups in total. The van der Waals surface area contributed by atoms with Gasteiger partial charge in [0.15, 0.2) is 0 Å². The molecule has 0 saturated heterocycles. The van der Waals surface area contributed by atoms with Crippen molar-refractivity contribution in [2.45, 2.75) is 5.41 Å². The van der Waals surface area contributed by atoms with Crippen molar-refractivity contribution in [2.75, 3.05) is 11.5 Å². The van der Waals surface area contributed by atoms with Gasteiger partial charge in [0, 0.05) is 34.6 Å². The second kappa shape index (κ2) is 9.18. The molecule has 0 atom stereocenters. The Morgan fingerprint density at radius 3 is 1.29 bits per heavy atom. The summed E-state index contributed by atoms with van der Waals surface area (Å²) in [6, 6.07) is 44.2. The van der Waals surface area contributed by atoms with Crippen molar-refractivity contribution >= 4 is 11.4 Å². The summed E-state index contributed by atoms with van der Waals surface area (Å²) >= 11 is 0. The molecule has 0 saturated carbocycles. The van der Waals surface area contributed by atoms with Crippen LogP contribution in [0.5, 0.6) is 34.5 Å². The molecule has 202 valence electrons. The largest absolute Gasteiger partial charge is 0.457 e. The van der Waals surface area contributed by atoms with Crippen molar-refractivity contribution in [3.05, 3.63) is 156 Å². The summed E-state index contributed by atoms with van der Waals surface area (Å²) < 4.78 is 19.1. The monoisotopic (exact) mass is 546 g/mol. The van der Waals surface area contributed by atoms with Crippen molar-refractivity contribution in [1.82, 2.24) is 0 Å². The van der Waals surface area contributed by atoms with Crippen molar-refractivity contribution in [1.29, 1.82) is 0 Å². The third-order valence-corrected chi connectivity index (χ3v) is 8.12. The Hall–Kier alpha value is -5.68. The Labute approximate surface area is 243 Å². The first kappa shape index (κ1) is 24.1. The maximum Gasteiger partial charge on any atom is 0.135 e. The minimum absolute atomic E-state index is 0.574. The van der Waals surface area contributed by atoms with E-state index >= 15 is 0 Å². The molecule has 0 radical (unpaired) electrons. The Kier molecular flexibility index (Phi) is 5.28. The van der Waals surface area contributed by atoms with Crippen LogP contribution in [0, 0.1) is 0 Å². The Morgan fingerprint density at radius 1 is 0.429 bits per heavy atom. The van der Waals surface area contributed by atoms with Crippen LogP contribution in [0.2, 0.25) is 0 Å². The van der Waals surface area contributed by atoms with Crippen LogP contribution >= 0.6 is 0 Å². The van der Waals surface area contributed by atoms with Crippen LogP contribution in [-0.2, 0) is 5.41 Å². The van der Waals surface area contributed by atoms with Gasteiger partial charge < -0.3 is 25.7 Å². The number of hydrogen-bond acceptors (Lipinski definition) is 5. The molecule has 2 aliphatic rings. The van der Waals surface area contributed by atoms with Gasteiger partial charge in [0.1, 0.15) is 34.5 Å². The summed E-state index contributed by atoms with van der Waals surface area (Å²) in [6.07, 6.45) is 0. The highest BCUT2D eigenvalue weighted by Gasteiger charge is 2.51. The molecular weight excluding hydrogens is 520 g/mol. The van der Waals surface area contributed by atoms with Crippen molar-refractivity contribution in [3.8, 4) is 45.6 Å². The van der Waals surface area contributed by atoms with Crippen LogP contribution < -0.4 is 25.7 Å². The zero-order valence-electron chi connectivity index (χ0n) is 22.6. The summed E-state index contributed by atoms with van der Waals surface area (Å²) in [4.78, 5) is 0. The van der Waals surface area contributed by atoms with Gasteiger partial charge in [-0.15, -0.1) is 0 Å². The highest BCUT2D eigenvalue weighted by Crippen LogP contribution is 2.62. The molecule has 0 amide bonds. The molecule has 5 heteroatoms. The van der Waals surface area contributed by atoms with E-state index in [9.17, 15) is 0 Å². The quantitative estimate of drug-likeness (QED) is 0.216. The van der Waals surface area contributed by atoms with E-state index in [4.69, 9.17) is 25.7 Å². The van der Waals surface area contributed by atoms with Gasteiger partial charge in [-0.1, -0.05) is 60.7 Å². The average Bonchev–Trinajstić information content (AvgIpc) is 3.30. The third-order valence-electron chi connectivity index (χ3n) is 8.12. The maximum atomic E-state index is 6.69. The van der Waals surface area contributed by atoms with E-state index in [1.165, 1.54) is 22.3 Å². The van der Waals surface area contributed by atoms with Gasteiger partial charge in [-0.3, -0.25) is 0 Å². The van der Waals surface area contributed by atoms with Gasteiger partial charge in [0.2, 0.25) is 0 Å². The van der Waals surface area contributed by atoms with Crippen molar-refractivity contribution in [2.24, 2.45) is 0 Å². The van der Waals surface area contributed by atoms with E-state index in [1.807, 2.05) is 72.8 Å². The summed E-state index contributed by atoms with van der Waals surface area (Å²) in [5, 5.41) is 0. The zero-order valence-corrected chi connectivity index (χ0v) is 22.6. The highest BCUT2D eigenvalue weighted by atomic mass is 16.5. The van der Waals surface area contributed by atoms with Crippen LogP contribution in [-0.4, -0.2) is 0 Å². The Bertz CT molecular complexity index is 1840. The van der Waals surface area contributed by atoms with Gasteiger partial charge in [0.25, 0.3) is 0 Å². The van der Waals surface area contributed by atoms with Gasteiger partial charge >= 0.3 is 0 Å². The van der Waals surface area contributed by atoms with E-state index in [2.05, 4.69) is 60.7 Å². The number of nitrogens with two attached hydrogens (primary N) is 2. The summed E-state index contributed by atoms with van der Waals surface area (Å²) in [5.41, 5.74) is 19.5. The van der Waals surface area contributed by atoms with Crippen LogP contribution in [0.1, 0.15) is 22.3 Å². The number of nitrogen functional groups attached to an aromatic ring is 2. The lowest BCUT2D eigenvalue weighted by molar-refractivity contribution is 0.420. The highest BCUT2D eigenvalue weighted by molar-refractivity contribution is 5.88. The molecule has 5 nitrogen and oxygen atoms in total. The normalized spacial score (nSPS) is 13.3. The molecule has 0 fully saturated rings. The smallest absolute Gasteiger partial charge is 0.135 e. The molecule has 0 aromatic heterocycles. The number of anilines is 2. The number of hydrogen-bond donors (Lipinski definition) is 2. The first-order valence-electron chi connectivity index (χ1n) is 13.8. The van der Waals surface area contributed by atoms with Gasteiger partial charge in [-0.25, -0.2) is 0 Å². The molecular formula is C37H26N2O3. The average molecular weight is 547 g/mol. The van der Waals surface area contributed by atoms with Crippen LogP contribution in [0.15, 0.2) is 133 Å². The van der Waals surface area contributed by atoms with Crippen LogP contribution in [0.25, 0.3) is 11.1 Å². The van der Waals surface area contributed by atoms with Crippen molar-refractivity contribution < 1.29 is 14.2 Å². The molecule has 0 bridgehead atoms. The SMILES string of the molecule is Nc1ccc(Oc2ccc3c(c2)Oc2cc(Oc4ccc(N)cc4)ccc2C32c3ccccc3-c3ccccc32)cc1. The number of ether oxygens (including phenoxy) is 3. The van der Waals surface area contributed by atoms with Crippen LogP contribution in [0.4, 0.5) is 11.4 Å². The van der Waals surface area contributed by atoms with Crippen molar-refractivity contribution in [3.63, 3.8) is 0 Å². The first-order chi connectivity index (χ1) is 20.6. The Morgan fingerprint density at radius 2 is 0.833 bits per heavy atom. The molecule has 0 unspecified atom stereocenters. The zero-order chi connectivity index (χ0) is 28.3. The summed E-state index contributed by atoms with van der Waals surface area (Å²) in [7, 11) is 0. The maximum absolute atomic E-state index is 6.69. The molecule has 42 heavy (non-hydrogen) atoms. The van der Waals surface area contributed by atoms with E-state index in [0.29, 0.717) is 34.4 Å². The fourth-order valence-electron chi connectivity index (χ4n) is 6.34. The fraction of sp³-hybridized carbons (Fsp3) is 0.0270. The lowest BCUT2D eigenvalue weighted by Gasteiger charge is -2.39. The predicted octanol–water partition coefficient (Wildman–Crippen LogP) is 8.90. The molecule has 6 aromatic rings. The fourth-order valence-corrected chi connectivity index (χ4v) is 6.34. The molecule has 1 heterocycles. The lowest BCUT2D eigenvalue weighted by Crippen LogP contribution is -2.32. The van der Waals surface area contributed by atoms with Gasteiger partial charge in [-0.2, -0.15) is 0 Å². The minimum Gasteiger partial charge on any atom is -0.457 e. The topological polar surface area (TPSA) is 79.7 Å². The minimum atomic E-state index is -0.574.